The molecule has 3 aliphatic rings. The third-order valence-corrected chi connectivity index (χ3v) is 4.66. The molecule has 1 fully saturated rings. The molecule has 1 unspecified atom stereocenters. The van der Waals surface area contributed by atoms with Gasteiger partial charge in [0.25, 0.3) is 0 Å². The van der Waals surface area contributed by atoms with E-state index in [0.717, 1.165) is 18.8 Å². The summed E-state index contributed by atoms with van der Waals surface area (Å²) in [6, 6.07) is 0. The SMILES string of the molecule is CCC1(CC)C=CC2CC[CH-]C2=C1.Cl.Cl.[C-]1=CC=CC1.[CH2-]CCC.[CH3-].[CH3-].[Zr]. The molecule has 3 heteroatoms. The molecule has 0 nitrogen and oxygen atoms in total. The first-order valence-corrected chi connectivity index (χ1v) is 8.97. The zero-order valence-electron chi connectivity index (χ0n) is 18.1. The predicted molar refractivity (Wildman–Crippen MR) is 126 cm³/mol. The Kier molecular flexibility index (Phi) is 31.8. The van der Waals surface area contributed by atoms with Crippen LogP contribution in [0.25, 0.3) is 0 Å². The van der Waals surface area contributed by atoms with Gasteiger partial charge in [0.05, 0.1) is 0 Å². The van der Waals surface area contributed by atoms with E-state index in [1.165, 1.54) is 32.1 Å². The first kappa shape index (κ1) is 38.0. The summed E-state index contributed by atoms with van der Waals surface area (Å²) in [5, 5.41) is 0. The maximum absolute atomic E-state index is 3.60. The molecule has 0 aromatic carbocycles. The largest absolute Gasteiger partial charge is 0.358 e. The molecule has 1 atom stereocenters. The van der Waals surface area contributed by atoms with Gasteiger partial charge in [0, 0.05) is 26.2 Å². The van der Waals surface area contributed by atoms with Crippen LogP contribution in [0.3, 0.4) is 0 Å². The van der Waals surface area contributed by atoms with Gasteiger partial charge in [-0.05, 0) is 5.92 Å². The zero-order valence-corrected chi connectivity index (χ0v) is 22.2. The predicted octanol–water partition coefficient (Wildman–Crippen LogP) is 8.57. The minimum absolute atomic E-state index is 0. The number of hydrogen-bond donors (Lipinski definition) is 0. The maximum atomic E-state index is 3.60. The molecule has 0 aliphatic heterocycles. The van der Waals surface area contributed by atoms with Crippen LogP contribution in [0.1, 0.15) is 65.7 Å². The van der Waals surface area contributed by atoms with Gasteiger partial charge in [-0.15, -0.1) is 37.7 Å². The molecular formula is C24H41Cl2Zr-5. The van der Waals surface area contributed by atoms with Gasteiger partial charge in [0.2, 0.25) is 0 Å². The van der Waals surface area contributed by atoms with Crippen molar-refractivity contribution in [2.24, 2.45) is 11.3 Å². The Morgan fingerprint density at radius 3 is 2.15 bits per heavy atom. The van der Waals surface area contributed by atoms with Crippen LogP contribution >= 0.6 is 24.8 Å². The average molecular weight is 492 g/mol. The first-order valence-electron chi connectivity index (χ1n) is 8.97. The molecule has 0 heterocycles. The van der Waals surface area contributed by atoms with E-state index in [-0.39, 0.29) is 65.9 Å². The van der Waals surface area contributed by atoms with Gasteiger partial charge in [0.15, 0.2) is 0 Å². The van der Waals surface area contributed by atoms with E-state index in [9.17, 15) is 0 Å². The van der Waals surface area contributed by atoms with Crippen molar-refractivity contribution in [3.05, 3.63) is 76.3 Å². The molecule has 0 bridgehead atoms. The van der Waals surface area contributed by atoms with Crippen LogP contribution in [0.4, 0.5) is 0 Å². The van der Waals surface area contributed by atoms with E-state index < -0.39 is 0 Å². The van der Waals surface area contributed by atoms with Gasteiger partial charge in [-0.1, -0.05) is 64.0 Å². The Morgan fingerprint density at radius 1 is 1.19 bits per heavy atom. The van der Waals surface area contributed by atoms with Crippen LogP contribution in [0, 0.1) is 45.6 Å². The molecule has 0 saturated heterocycles. The number of halogens is 2. The summed E-state index contributed by atoms with van der Waals surface area (Å²) in [7, 11) is 0. The van der Waals surface area contributed by atoms with E-state index in [0.29, 0.717) is 5.41 Å². The molecular weight excluding hydrogens is 450 g/mol. The number of rotatable bonds is 3. The monoisotopic (exact) mass is 489 g/mol. The average Bonchev–Trinajstić information content (AvgIpc) is 3.28. The smallest absolute Gasteiger partial charge is 0 e. The van der Waals surface area contributed by atoms with Crippen LogP contribution in [0.2, 0.25) is 0 Å². The van der Waals surface area contributed by atoms with Crippen molar-refractivity contribution < 1.29 is 26.2 Å². The van der Waals surface area contributed by atoms with Crippen molar-refractivity contribution in [3.8, 4) is 0 Å². The summed E-state index contributed by atoms with van der Waals surface area (Å²) in [6.07, 6.45) is 27.2. The Hall–Kier alpha value is 0.293. The van der Waals surface area contributed by atoms with Gasteiger partial charge in [0.1, 0.15) is 0 Å². The molecule has 0 spiro atoms. The number of hydrogen-bond acceptors (Lipinski definition) is 0. The summed E-state index contributed by atoms with van der Waals surface area (Å²) in [5.41, 5.74) is 1.98. The number of allylic oxidation sites excluding steroid dienone is 8. The van der Waals surface area contributed by atoms with Crippen LogP contribution in [-0.2, 0) is 26.2 Å². The summed E-state index contributed by atoms with van der Waals surface area (Å²) >= 11 is 0. The second-order valence-corrected chi connectivity index (χ2v) is 6.19. The van der Waals surface area contributed by atoms with E-state index in [1.807, 2.05) is 12.2 Å². The Morgan fingerprint density at radius 2 is 1.78 bits per heavy atom. The van der Waals surface area contributed by atoms with E-state index >= 15 is 0 Å². The first-order chi connectivity index (χ1) is 10.7. The van der Waals surface area contributed by atoms with Gasteiger partial charge in [-0.2, -0.15) is 12.5 Å². The molecule has 3 aliphatic carbocycles. The third-order valence-electron chi connectivity index (χ3n) is 4.66. The molecule has 0 aromatic heterocycles. The molecule has 0 amide bonds. The van der Waals surface area contributed by atoms with Crippen LogP contribution in [-0.4, -0.2) is 0 Å². The molecule has 27 heavy (non-hydrogen) atoms. The van der Waals surface area contributed by atoms with E-state index in [4.69, 9.17) is 0 Å². The van der Waals surface area contributed by atoms with E-state index in [1.54, 1.807) is 5.57 Å². The fourth-order valence-corrected chi connectivity index (χ4v) is 2.84. The second kappa shape index (κ2) is 22.6. The van der Waals surface area contributed by atoms with Gasteiger partial charge < -0.3 is 21.8 Å². The van der Waals surface area contributed by atoms with Gasteiger partial charge >= 0.3 is 0 Å². The topological polar surface area (TPSA) is 0 Å². The van der Waals surface area contributed by atoms with E-state index in [2.05, 4.69) is 64.5 Å². The standard InChI is InChI=1S/C13H19.C5H5.C4H9.2CH3.2ClH.Zr/c1-3-13(4-2)9-8-11-6-5-7-12(11)10-13;1-2-4-5-3-1;1-3-4-2;;;;;/h7-11H,3-6H2,1-2H3;1-3H,4H2;1,3-4H2,2H3;2*1H3;2*1H;/q5*-1;;;. The quantitative estimate of drug-likeness (QED) is 0.274. The van der Waals surface area contributed by atoms with Crippen molar-refractivity contribution >= 4 is 24.8 Å². The molecule has 0 N–H and O–H groups in total. The number of unbranched alkanes of at least 4 members (excludes halogenated alkanes) is 1. The minimum Gasteiger partial charge on any atom is -0.358 e. The molecule has 3 rings (SSSR count). The maximum Gasteiger partial charge on any atom is 0 e. The van der Waals surface area contributed by atoms with Gasteiger partial charge in [-0.3, -0.25) is 6.08 Å². The molecule has 160 valence electrons. The second-order valence-electron chi connectivity index (χ2n) is 6.19. The Labute approximate surface area is 203 Å². The van der Waals surface area contributed by atoms with Crippen molar-refractivity contribution in [2.45, 2.75) is 65.7 Å². The normalized spacial score (nSPS) is 18.5. The summed E-state index contributed by atoms with van der Waals surface area (Å²) in [5.74, 6) is 0.756. The Balaban J connectivity index is -0.0000000996. The Bertz CT molecular complexity index is 406. The van der Waals surface area contributed by atoms with Crippen LogP contribution < -0.4 is 0 Å². The van der Waals surface area contributed by atoms with Crippen molar-refractivity contribution in [1.82, 2.24) is 0 Å². The minimum atomic E-state index is 0. The fourth-order valence-electron chi connectivity index (χ4n) is 2.84. The van der Waals surface area contributed by atoms with Crippen LogP contribution in [0.5, 0.6) is 0 Å². The summed E-state index contributed by atoms with van der Waals surface area (Å²) < 4.78 is 0. The third kappa shape index (κ3) is 14.0. The zero-order chi connectivity index (χ0) is 16.3. The summed E-state index contributed by atoms with van der Waals surface area (Å²) in [6.45, 7) is 10.3. The molecule has 0 radical (unpaired) electrons. The molecule has 1 saturated carbocycles. The molecule has 0 aromatic rings. The number of fused-ring (bicyclic) bond motifs is 1. The summed E-state index contributed by atoms with van der Waals surface area (Å²) in [4.78, 5) is 0. The van der Waals surface area contributed by atoms with Crippen LogP contribution in [0.15, 0.2) is 42.0 Å². The van der Waals surface area contributed by atoms with Crippen molar-refractivity contribution in [2.75, 3.05) is 0 Å². The van der Waals surface area contributed by atoms with Crippen molar-refractivity contribution in [1.29, 1.82) is 0 Å². The fraction of sp³-hybridized carbons (Fsp3) is 0.500. The van der Waals surface area contributed by atoms with Crippen molar-refractivity contribution in [3.63, 3.8) is 0 Å². The van der Waals surface area contributed by atoms with Gasteiger partial charge in [-0.25, -0.2) is 30.2 Å².